The molecule has 0 radical (unpaired) electrons. The Morgan fingerprint density at radius 2 is 1.40 bits per heavy atom. The Balaban J connectivity index is 1.94. The fourth-order valence-corrected chi connectivity index (χ4v) is 4.30. The maximum Gasteiger partial charge on any atom is 0.242 e. The van der Waals surface area contributed by atoms with E-state index in [0.29, 0.717) is 10.0 Å². The van der Waals surface area contributed by atoms with Gasteiger partial charge in [0.15, 0.2) is 0 Å². The van der Waals surface area contributed by atoms with E-state index < -0.39 is 11.6 Å². The minimum absolute atomic E-state index is 0.120. The van der Waals surface area contributed by atoms with Crippen molar-refractivity contribution in [3.8, 4) is 0 Å². The molecule has 3 aromatic carbocycles. The summed E-state index contributed by atoms with van der Waals surface area (Å²) in [6, 6.07) is 24.5. The zero-order valence-corrected chi connectivity index (χ0v) is 22.1. The molecule has 1 N–H and O–H groups in total. The molecule has 3 aromatic rings. The number of nitrogens with zero attached hydrogens (tertiary/aromatic N) is 1. The lowest BCUT2D eigenvalue weighted by atomic mass is 9.88. The third kappa shape index (κ3) is 7.58. The molecule has 0 aliphatic rings. The maximum absolute atomic E-state index is 13.9. The van der Waals surface area contributed by atoms with Crippen molar-refractivity contribution in [3.63, 3.8) is 0 Å². The number of carbonyl (C=O) groups excluding carboxylic acids is 2. The van der Waals surface area contributed by atoms with Gasteiger partial charge in [0.1, 0.15) is 6.04 Å². The Morgan fingerprint density at radius 3 is 1.89 bits per heavy atom. The fraction of sp³-hybridized carbons (Fsp3) is 0.310. The molecule has 6 heteroatoms. The first kappa shape index (κ1) is 26.8. The van der Waals surface area contributed by atoms with Crippen LogP contribution in [0.15, 0.2) is 78.9 Å². The molecule has 1 atom stereocenters. The van der Waals surface area contributed by atoms with Crippen molar-refractivity contribution >= 4 is 35.0 Å². The Kier molecular flexibility index (Phi) is 8.98. The summed E-state index contributed by atoms with van der Waals surface area (Å²) in [6.07, 6.45) is 0.225. The highest BCUT2D eigenvalue weighted by atomic mass is 35.5. The minimum Gasteiger partial charge on any atom is -0.350 e. The number of hydrogen-bond donors (Lipinski definition) is 1. The van der Waals surface area contributed by atoms with Crippen LogP contribution < -0.4 is 5.32 Å². The van der Waals surface area contributed by atoms with Gasteiger partial charge in [0.25, 0.3) is 0 Å². The number of rotatable bonds is 8. The van der Waals surface area contributed by atoms with Crippen LogP contribution in [0.3, 0.4) is 0 Å². The zero-order chi connectivity index (χ0) is 25.6. The molecular weight excluding hydrogens is 479 g/mol. The summed E-state index contributed by atoms with van der Waals surface area (Å²) in [5.41, 5.74) is 2.49. The zero-order valence-electron chi connectivity index (χ0n) is 20.6. The molecule has 0 heterocycles. The molecule has 0 saturated heterocycles. The minimum atomic E-state index is -0.677. The summed E-state index contributed by atoms with van der Waals surface area (Å²) in [5, 5.41) is 3.85. The number of hydrogen-bond acceptors (Lipinski definition) is 2. The van der Waals surface area contributed by atoms with Crippen LogP contribution in [0.4, 0.5) is 0 Å². The maximum atomic E-state index is 13.9. The highest BCUT2D eigenvalue weighted by Crippen LogP contribution is 2.30. The number of amides is 2. The highest BCUT2D eigenvalue weighted by Gasteiger charge is 2.30. The van der Waals surface area contributed by atoms with Gasteiger partial charge in [0.05, 0.1) is 10.0 Å². The first-order chi connectivity index (χ1) is 16.5. The average Bonchev–Trinajstić information content (AvgIpc) is 2.82. The molecule has 2 amide bonds. The topological polar surface area (TPSA) is 49.4 Å². The summed E-state index contributed by atoms with van der Waals surface area (Å²) in [7, 11) is 0. The third-order valence-electron chi connectivity index (χ3n) is 5.79. The molecule has 0 spiro atoms. The van der Waals surface area contributed by atoms with Crippen molar-refractivity contribution in [3.05, 3.63) is 106 Å². The van der Waals surface area contributed by atoms with Gasteiger partial charge in [0.2, 0.25) is 11.8 Å². The first-order valence-corrected chi connectivity index (χ1v) is 12.5. The van der Waals surface area contributed by atoms with Crippen molar-refractivity contribution in [2.24, 2.45) is 0 Å². The molecule has 35 heavy (non-hydrogen) atoms. The van der Waals surface area contributed by atoms with Crippen molar-refractivity contribution in [1.82, 2.24) is 10.2 Å². The van der Waals surface area contributed by atoms with E-state index >= 15 is 0 Å². The van der Waals surface area contributed by atoms with E-state index in [0.717, 1.165) is 16.7 Å². The lowest BCUT2D eigenvalue weighted by Crippen LogP contribution is -2.52. The van der Waals surface area contributed by atoms with Gasteiger partial charge in [-0.1, -0.05) is 89.9 Å². The van der Waals surface area contributed by atoms with Gasteiger partial charge in [0, 0.05) is 24.4 Å². The second-order valence-corrected chi connectivity index (χ2v) is 10.6. The Bertz CT molecular complexity index is 1100. The normalized spacial score (nSPS) is 12.3. The SMILES string of the molecule is CC(C(=O)NC(C)(C)C)N(Cc1ccc(Cl)c(Cl)c1)C(=O)CC(c1ccccc1)c1ccccc1. The molecule has 3 rings (SSSR count). The van der Waals surface area contributed by atoms with Gasteiger partial charge in [-0.2, -0.15) is 0 Å². The number of carbonyl (C=O) groups is 2. The van der Waals surface area contributed by atoms with Crippen LogP contribution in [0.5, 0.6) is 0 Å². The van der Waals surface area contributed by atoms with E-state index in [1.54, 1.807) is 24.0 Å². The second kappa shape index (κ2) is 11.7. The van der Waals surface area contributed by atoms with Crippen LogP contribution in [-0.4, -0.2) is 28.3 Å². The third-order valence-corrected chi connectivity index (χ3v) is 6.52. The number of nitrogens with one attached hydrogen (secondary N) is 1. The van der Waals surface area contributed by atoms with Crippen LogP contribution >= 0.6 is 23.2 Å². The Hall–Kier alpha value is -2.82. The molecule has 0 saturated carbocycles. The van der Waals surface area contributed by atoms with E-state index in [-0.39, 0.29) is 30.7 Å². The van der Waals surface area contributed by atoms with Crippen molar-refractivity contribution in [1.29, 1.82) is 0 Å². The van der Waals surface area contributed by atoms with Gasteiger partial charge in [-0.05, 0) is 56.5 Å². The van der Waals surface area contributed by atoms with Crippen LogP contribution in [-0.2, 0) is 16.1 Å². The van der Waals surface area contributed by atoms with Crippen molar-refractivity contribution < 1.29 is 9.59 Å². The Morgan fingerprint density at radius 1 is 0.857 bits per heavy atom. The Labute approximate surface area is 218 Å². The fourth-order valence-electron chi connectivity index (χ4n) is 3.98. The molecule has 0 fully saturated rings. The summed E-state index contributed by atoms with van der Waals surface area (Å²) >= 11 is 12.3. The molecule has 1 unspecified atom stereocenters. The molecule has 0 aliphatic carbocycles. The second-order valence-electron chi connectivity index (χ2n) is 9.76. The van der Waals surface area contributed by atoms with E-state index in [1.165, 1.54) is 0 Å². The lowest BCUT2D eigenvalue weighted by Gasteiger charge is -2.32. The van der Waals surface area contributed by atoms with Crippen LogP contribution in [0, 0.1) is 0 Å². The predicted octanol–water partition coefficient (Wildman–Crippen LogP) is 6.85. The van der Waals surface area contributed by atoms with E-state index in [2.05, 4.69) is 5.32 Å². The largest absolute Gasteiger partial charge is 0.350 e. The average molecular weight is 511 g/mol. The smallest absolute Gasteiger partial charge is 0.242 e. The van der Waals surface area contributed by atoms with Crippen LogP contribution in [0.25, 0.3) is 0 Å². The lowest BCUT2D eigenvalue weighted by molar-refractivity contribution is -0.141. The molecule has 0 aliphatic heterocycles. The van der Waals surface area contributed by atoms with E-state index in [4.69, 9.17) is 23.2 Å². The van der Waals surface area contributed by atoms with Gasteiger partial charge >= 0.3 is 0 Å². The monoisotopic (exact) mass is 510 g/mol. The summed E-state index contributed by atoms with van der Waals surface area (Å²) < 4.78 is 0. The molecule has 4 nitrogen and oxygen atoms in total. The van der Waals surface area contributed by atoms with Gasteiger partial charge in [-0.25, -0.2) is 0 Å². The standard InChI is InChI=1S/C29H32Cl2N2O2/c1-20(28(35)32-29(2,3)4)33(19-21-15-16-25(30)26(31)17-21)27(34)18-24(22-11-7-5-8-12-22)23-13-9-6-10-14-23/h5-17,20,24H,18-19H2,1-4H3,(H,32,35). The van der Waals surface area contributed by atoms with Crippen LogP contribution in [0.2, 0.25) is 10.0 Å². The molecule has 184 valence electrons. The predicted molar refractivity (Wildman–Crippen MR) is 144 cm³/mol. The van der Waals surface area contributed by atoms with Crippen molar-refractivity contribution in [2.45, 2.75) is 58.2 Å². The van der Waals surface area contributed by atoms with E-state index in [1.807, 2.05) is 87.5 Å². The summed E-state index contributed by atoms with van der Waals surface area (Å²) in [5.74, 6) is -0.466. The van der Waals surface area contributed by atoms with E-state index in [9.17, 15) is 9.59 Å². The molecule has 0 bridgehead atoms. The quantitative estimate of drug-likeness (QED) is 0.360. The summed E-state index contributed by atoms with van der Waals surface area (Å²) in [6.45, 7) is 7.76. The molecule has 0 aromatic heterocycles. The number of benzene rings is 3. The first-order valence-electron chi connectivity index (χ1n) is 11.7. The highest BCUT2D eigenvalue weighted by molar-refractivity contribution is 6.42. The van der Waals surface area contributed by atoms with Crippen molar-refractivity contribution in [2.75, 3.05) is 0 Å². The van der Waals surface area contributed by atoms with Crippen LogP contribution in [0.1, 0.15) is 56.7 Å². The van der Waals surface area contributed by atoms with Gasteiger partial charge in [-0.3, -0.25) is 9.59 Å². The van der Waals surface area contributed by atoms with Gasteiger partial charge in [-0.15, -0.1) is 0 Å². The number of halogens is 2. The summed E-state index contributed by atoms with van der Waals surface area (Å²) in [4.78, 5) is 28.6. The molecular formula is C29H32Cl2N2O2. The van der Waals surface area contributed by atoms with Gasteiger partial charge < -0.3 is 10.2 Å².